The fourth-order valence-electron chi connectivity index (χ4n) is 2.93. The lowest BCUT2D eigenvalue weighted by molar-refractivity contribution is -0.113. The molecule has 1 N–H and O–H groups in total. The zero-order valence-electron chi connectivity index (χ0n) is 16.2. The number of amides is 1. The van der Waals surface area contributed by atoms with Crippen LogP contribution in [0.15, 0.2) is 78.2 Å². The summed E-state index contributed by atoms with van der Waals surface area (Å²) in [6.45, 7) is 0.516. The van der Waals surface area contributed by atoms with Crippen LogP contribution in [0.25, 0.3) is 11.4 Å². The van der Waals surface area contributed by atoms with E-state index in [2.05, 4.69) is 20.5 Å². The molecule has 0 bridgehead atoms. The maximum Gasteiger partial charge on any atom is 0.234 e. The average Bonchev–Trinajstić information content (AvgIpc) is 3.18. The third kappa shape index (κ3) is 5.13. The van der Waals surface area contributed by atoms with E-state index >= 15 is 0 Å². The molecule has 0 aliphatic rings. The largest absolute Gasteiger partial charge is 0.323 e. The highest BCUT2D eigenvalue weighted by Crippen LogP contribution is 2.25. The number of carbonyl (C=O) groups is 1. The minimum atomic E-state index is -0.828. The number of hydrogen-bond donors (Lipinski definition) is 1. The number of hydrogen-bond acceptors (Lipinski definition) is 5. The van der Waals surface area contributed by atoms with Crippen molar-refractivity contribution in [2.75, 3.05) is 11.1 Å². The van der Waals surface area contributed by atoms with E-state index in [1.807, 2.05) is 47.0 Å². The molecule has 156 valence electrons. The van der Waals surface area contributed by atoms with E-state index in [0.29, 0.717) is 17.5 Å². The van der Waals surface area contributed by atoms with Crippen LogP contribution >= 0.6 is 11.8 Å². The molecule has 9 heteroatoms. The van der Waals surface area contributed by atoms with Crippen molar-refractivity contribution in [1.82, 2.24) is 19.7 Å². The summed E-state index contributed by atoms with van der Waals surface area (Å²) in [5.41, 5.74) is 1.83. The number of benzene rings is 2. The topological polar surface area (TPSA) is 72.7 Å². The quantitative estimate of drug-likeness (QED) is 0.434. The van der Waals surface area contributed by atoms with Gasteiger partial charge in [-0.3, -0.25) is 14.3 Å². The van der Waals surface area contributed by atoms with Crippen LogP contribution in [-0.2, 0) is 11.3 Å². The SMILES string of the molecule is O=C(CSc1nnc(-c2ccncc2)n1Cc1ccccc1)Nc1ccc(F)cc1F. The van der Waals surface area contributed by atoms with E-state index in [1.54, 1.807) is 12.4 Å². The van der Waals surface area contributed by atoms with Crippen molar-refractivity contribution >= 4 is 23.4 Å². The Balaban J connectivity index is 1.53. The summed E-state index contributed by atoms with van der Waals surface area (Å²) in [4.78, 5) is 16.3. The van der Waals surface area contributed by atoms with Gasteiger partial charge in [0.15, 0.2) is 11.0 Å². The van der Waals surface area contributed by atoms with Crippen LogP contribution in [0, 0.1) is 11.6 Å². The van der Waals surface area contributed by atoms with Crippen molar-refractivity contribution < 1.29 is 13.6 Å². The molecule has 0 spiro atoms. The summed E-state index contributed by atoms with van der Waals surface area (Å²) in [5.74, 6) is -1.33. The minimum Gasteiger partial charge on any atom is -0.323 e. The fourth-order valence-corrected chi connectivity index (χ4v) is 3.66. The molecule has 0 aliphatic carbocycles. The Morgan fingerprint density at radius 2 is 1.77 bits per heavy atom. The maximum atomic E-state index is 13.8. The molecule has 0 saturated carbocycles. The van der Waals surface area contributed by atoms with E-state index in [1.165, 1.54) is 17.8 Å². The summed E-state index contributed by atoms with van der Waals surface area (Å²) in [7, 11) is 0. The average molecular weight is 437 g/mol. The third-order valence-corrected chi connectivity index (χ3v) is 5.34. The van der Waals surface area contributed by atoms with Crippen molar-refractivity contribution in [1.29, 1.82) is 0 Å². The smallest absolute Gasteiger partial charge is 0.234 e. The normalized spacial score (nSPS) is 10.8. The summed E-state index contributed by atoms with van der Waals surface area (Å²) in [6.07, 6.45) is 3.35. The van der Waals surface area contributed by atoms with Gasteiger partial charge in [0.2, 0.25) is 5.91 Å². The first-order valence-electron chi connectivity index (χ1n) is 9.35. The monoisotopic (exact) mass is 437 g/mol. The van der Waals surface area contributed by atoms with Gasteiger partial charge in [-0.15, -0.1) is 10.2 Å². The van der Waals surface area contributed by atoms with Gasteiger partial charge < -0.3 is 5.32 Å². The van der Waals surface area contributed by atoms with Crippen LogP contribution in [0.2, 0.25) is 0 Å². The van der Waals surface area contributed by atoms with Gasteiger partial charge in [-0.2, -0.15) is 0 Å². The fraction of sp³-hybridized carbons (Fsp3) is 0.0909. The molecule has 0 unspecified atom stereocenters. The molecule has 1 amide bonds. The zero-order chi connectivity index (χ0) is 21.6. The molecular formula is C22H17F2N5OS. The van der Waals surface area contributed by atoms with E-state index in [-0.39, 0.29) is 11.4 Å². The van der Waals surface area contributed by atoms with Crippen LogP contribution < -0.4 is 5.32 Å². The second-order valence-corrected chi connectivity index (χ2v) is 7.52. The zero-order valence-corrected chi connectivity index (χ0v) is 17.0. The number of carbonyl (C=O) groups excluding carboxylic acids is 1. The Morgan fingerprint density at radius 3 is 2.52 bits per heavy atom. The summed E-state index contributed by atoms with van der Waals surface area (Å²) < 4.78 is 28.7. The lowest BCUT2D eigenvalue weighted by atomic mass is 10.2. The van der Waals surface area contributed by atoms with Gasteiger partial charge >= 0.3 is 0 Å². The molecular weight excluding hydrogens is 420 g/mol. The number of nitrogens with one attached hydrogen (secondary N) is 1. The Labute approximate surface area is 181 Å². The van der Waals surface area contributed by atoms with Crippen LogP contribution in [-0.4, -0.2) is 31.4 Å². The Morgan fingerprint density at radius 1 is 1.00 bits per heavy atom. The number of halogens is 2. The number of rotatable bonds is 7. The Bertz CT molecular complexity index is 1190. The van der Waals surface area contributed by atoms with E-state index in [0.717, 1.165) is 23.3 Å². The van der Waals surface area contributed by atoms with Crippen LogP contribution in [0.3, 0.4) is 0 Å². The molecule has 0 aliphatic heterocycles. The second kappa shape index (κ2) is 9.48. The first kappa shape index (κ1) is 20.7. The molecule has 2 heterocycles. The molecule has 4 rings (SSSR count). The van der Waals surface area contributed by atoms with Gasteiger partial charge in [-0.25, -0.2) is 8.78 Å². The Hall–Kier alpha value is -3.59. The molecule has 0 fully saturated rings. The highest BCUT2D eigenvalue weighted by molar-refractivity contribution is 7.99. The van der Waals surface area contributed by atoms with Crippen LogP contribution in [0.1, 0.15) is 5.56 Å². The van der Waals surface area contributed by atoms with Gasteiger partial charge in [0.25, 0.3) is 0 Å². The standard InChI is InChI=1S/C22H17F2N5OS/c23-17-6-7-19(18(24)12-17)26-20(30)14-31-22-28-27-21(16-8-10-25-11-9-16)29(22)13-15-4-2-1-3-5-15/h1-12H,13-14H2,(H,26,30). The third-order valence-electron chi connectivity index (χ3n) is 4.38. The van der Waals surface area contributed by atoms with Crippen LogP contribution in [0.4, 0.5) is 14.5 Å². The molecule has 0 saturated heterocycles. The first-order valence-corrected chi connectivity index (χ1v) is 10.3. The van der Waals surface area contributed by atoms with E-state index in [4.69, 9.17) is 0 Å². The number of aromatic nitrogens is 4. The molecule has 0 atom stereocenters. The van der Waals surface area contributed by atoms with Crippen molar-refractivity contribution in [3.05, 3.63) is 90.3 Å². The second-order valence-electron chi connectivity index (χ2n) is 6.57. The Kier molecular flexibility index (Phi) is 6.32. The van der Waals surface area contributed by atoms with E-state index < -0.39 is 17.5 Å². The van der Waals surface area contributed by atoms with Crippen molar-refractivity contribution in [3.8, 4) is 11.4 Å². The first-order chi connectivity index (χ1) is 15.1. The van der Waals surface area contributed by atoms with Gasteiger partial charge in [-0.1, -0.05) is 42.1 Å². The number of pyridine rings is 1. The number of nitrogens with zero attached hydrogens (tertiary/aromatic N) is 4. The van der Waals surface area contributed by atoms with Crippen molar-refractivity contribution in [2.24, 2.45) is 0 Å². The molecule has 4 aromatic rings. The minimum absolute atomic E-state index is 0.0138. The van der Waals surface area contributed by atoms with E-state index in [9.17, 15) is 13.6 Å². The van der Waals surface area contributed by atoms with Gasteiger partial charge in [0.1, 0.15) is 11.6 Å². The molecule has 2 aromatic carbocycles. The summed E-state index contributed by atoms with van der Waals surface area (Å²) >= 11 is 1.18. The van der Waals surface area contributed by atoms with Gasteiger partial charge in [0, 0.05) is 24.0 Å². The van der Waals surface area contributed by atoms with Crippen molar-refractivity contribution in [3.63, 3.8) is 0 Å². The molecule has 6 nitrogen and oxygen atoms in total. The van der Waals surface area contributed by atoms with Crippen molar-refractivity contribution in [2.45, 2.75) is 11.7 Å². The molecule has 0 radical (unpaired) electrons. The summed E-state index contributed by atoms with van der Waals surface area (Å²) in [6, 6.07) is 16.5. The maximum absolute atomic E-state index is 13.8. The summed E-state index contributed by atoms with van der Waals surface area (Å²) in [5, 5.41) is 11.5. The number of thioether (sulfide) groups is 1. The predicted octanol–water partition coefficient (Wildman–Crippen LogP) is 4.40. The highest BCUT2D eigenvalue weighted by Gasteiger charge is 2.17. The van der Waals surface area contributed by atoms with Gasteiger partial charge in [-0.05, 0) is 29.8 Å². The number of anilines is 1. The highest BCUT2D eigenvalue weighted by atomic mass is 32.2. The van der Waals surface area contributed by atoms with Crippen LogP contribution in [0.5, 0.6) is 0 Å². The van der Waals surface area contributed by atoms with Gasteiger partial charge in [0.05, 0.1) is 18.0 Å². The molecule has 2 aromatic heterocycles. The lowest BCUT2D eigenvalue weighted by Crippen LogP contribution is -2.16. The molecule has 31 heavy (non-hydrogen) atoms. The lowest BCUT2D eigenvalue weighted by Gasteiger charge is -2.11. The predicted molar refractivity (Wildman–Crippen MR) is 115 cm³/mol.